The Morgan fingerprint density at radius 1 is 1.56 bits per heavy atom. The SMILES string of the molecule is CC(N)C(Sc1nnnn1C)c1ccsc1. The van der Waals surface area contributed by atoms with Crippen molar-refractivity contribution in [1.82, 2.24) is 20.2 Å². The average molecular weight is 255 g/mol. The fourth-order valence-electron chi connectivity index (χ4n) is 1.35. The standard InChI is InChI=1S/C9H13N5S2/c1-6(10)8(7-3-4-15-5-7)16-9-11-12-13-14(9)2/h3-6,8H,10H2,1-2H3. The van der Waals surface area contributed by atoms with Crippen molar-refractivity contribution in [1.29, 1.82) is 0 Å². The predicted molar refractivity (Wildman–Crippen MR) is 65.4 cm³/mol. The first-order valence-electron chi connectivity index (χ1n) is 4.85. The molecule has 2 heterocycles. The van der Waals surface area contributed by atoms with Crippen molar-refractivity contribution < 1.29 is 0 Å². The van der Waals surface area contributed by atoms with E-state index in [9.17, 15) is 0 Å². The molecule has 0 aromatic carbocycles. The summed E-state index contributed by atoms with van der Waals surface area (Å²) in [5.41, 5.74) is 7.23. The van der Waals surface area contributed by atoms with E-state index in [4.69, 9.17) is 5.73 Å². The largest absolute Gasteiger partial charge is 0.327 e. The Balaban J connectivity index is 2.19. The van der Waals surface area contributed by atoms with Gasteiger partial charge in [-0.1, -0.05) is 11.8 Å². The molecule has 2 aromatic heterocycles. The third-order valence-electron chi connectivity index (χ3n) is 2.16. The maximum atomic E-state index is 6.00. The molecule has 0 radical (unpaired) electrons. The van der Waals surface area contributed by atoms with Crippen molar-refractivity contribution in [3.8, 4) is 0 Å². The number of rotatable bonds is 4. The molecule has 2 atom stereocenters. The lowest BCUT2D eigenvalue weighted by atomic mass is 10.1. The number of nitrogens with two attached hydrogens (primary N) is 1. The van der Waals surface area contributed by atoms with Gasteiger partial charge in [0.15, 0.2) is 0 Å². The van der Waals surface area contributed by atoms with Crippen LogP contribution in [0.15, 0.2) is 22.0 Å². The van der Waals surface area contributed by atoms with Crippen LogP contribution in [0, 0.1) is 0 Å². The first-order valence-corrected chi connectivity index (χ1v) is 6.67. The molecule has 2 N–H and O–H groups in total. The van der Waals surface area contributed by atoms with Crippen LogP contribution < -0.4 is 5.73 Å². The van der Waals surface area contributed by atoms with Gasteiger partial charge in [-0.05, 0) is 39.7 Å². The Kier molecular flexibility index (Phi) is 3.57. The van der Waals surface area contributed by atoms with Crippen LogP contribution in [0.25, 0.3) is 0 Å². The molecule has 0 bridgehead atoms. The zero-order valence-corrected chi connectivity index (χ0v) is 10.7. The highest BCUT2D eigenvalue weighted by Gasteiger charge is 2.20. The van der Waals surface area contributed by atoms with Crippen molar-refractivity contribution in [2.75, 3.05) is 0 Å². The number of tetrazole rings is 1. The number of aromatic nitrogens is 4. The van der Waals surface area contributed by atoms with Gasteiger partial charge >= 0.3 is 0 Å². The van der Waals surface area contributed by atoms with Crippen LogP contribution in [0.5, 0.6) is 0 Å². The molecule has 2 aromatic rings. The van der Waals surface area contributed by atoms with Crippen molar-refractivity contribution in [3.05, 3.63) is 22.4 Å². The highest BCUT2D eigenvalue weighted by atomic mass is 32.2. The second-order valence-corrected chi connectivity index (χ2v) is 5.43. The van der Waals surface area contributed by atoms with E-state index in [1.54, 1.807) is 27.8 Å². The van der Waals surface area contributed by atoms with Gasteiger partial charge in [0.25, 0.3) is 0 Å². The zero-order valence-electron chi connectivity index (χ0n) is 9.07. The van der Waals surface area contributed by atoms with Crippen molar-refractivity contribution in [3.63, 3.8) is 0 Å². The Hall–Kier alpha value is -0.920. The van der Waals surface area contributed by atoms with E-state index in [-0.39, 0.29) is 11.3 Å². The van der Waals surface area contributed by atoms with Crippen LogP contribution in [0.4, 0.5) is 0 Å². The average Bonchev–Trinajstić information content (AvgIpc) is 2.85. The highest BCUT2D eigenvalue weighted by molar-refractivity contribution is 7.99. The zero-order chi connectivity index (χ0) is 11.5. The van der Waals surface area contributed by atoms with E-state index < -0.39 is 0 Å². The Labute approximate surface area is 102 Å². The molecule has 0 amide bonds. The summed E-state index contributed by atoms with van der Waals surface area (Å²) in [6, 6.07) is 2.14. The molecule has 0 aliphatic heterocycles. The molecule has 0 fully saturated rings. The molecule has 2 unspecified atom stereocenters. The van der Waals surface area contributed by atoms with Crippen LogP contribution in [0.3, 0.4) is 0 Å². The number of thiophene rings is 1. The fourth-order valence-corrected chi connectivity index (χ4v) is 3.13. The number of thioether (sulfide) groups is 1. The Morgan fingerprint density at radius 3 is 2.88 bits per heavy atom. The number of aryl methyl sites for hydroxylation is 1. The van der Waals surface area contributed by atoms with Gasteiger partial charge in [-0.2, -0.15) is 11.3 Å². The summed E-state index contributed by atoms with van der Waals surface area (Å²) in [6.07, 6.45) is 0. The first kappa shape index (κ1) is 11.6. The second-order valence-electron chi connectivity index (χ2n) is 3.54. The maximum absolute atomic E-state index is 6.00. The van der Waals surface area contributed by atoms with E-state index in [0.717, 1.165) is 5.16 Å². The lowest BCUT2D eigenvalue weighted by Gasteiger charge is -2.17. The number of hydrogen-bond acceptors (Lipinski definition) is 6. The van der Waals surface area contributed by atoms with Crippen LogP contribution in [-0.4, -0.2) is 26.2 Å². The molecule has 0 saturated carbocycles. The summed E-state index contributed by atoms with van der Waals surface area (Å²) < 4.78 is 1.66. The minimum absolute atomic E-state index is 0.0521. The molecule has 86 valence electrons. The van der Waals surface area contributed by atoms with Crippen molar-refractivity contribution in [2.45, 2.75) is 23.4 Å². The molecular formula is C9H13N5S2. The van der Waals surface area contributed by atoms with Gasteiger partial charge in [-0.25, -0.2) is 4.68 Å². The van der Waals surface area contributed by atoms with E-state index in [0.29, 0.717) is 0 Å². The summed E-state index contributed by atoms with van der Waals surface area (Å²) >= 11 is 3.27. The van der Waals surface area contributed by atoms with Gasteiger partial charge in [-0.15, -0.1) is 5.10 Å². The van der Waals surface area contributed by atoms with E-state index in [2.05, 4.69) is 32.4 Å². The normalized spacial score (nSPS) is 14.9. The van der Waals surface area contributed by atoms with E-state index in [1.807, 2.05) is 14.0 Å². The lowest BCUT2D eigenvalue weighted by Crippen LogP contribution is -2.22. The summed E-state index contributed by atoms with van der Waals surface area (Å²) in [5, 5.41) is 16.5. The van der Waals surface area contributed by atoms with Crippen molar-refractivity contribution >= 4 is 23.1 Å². The summed E-state index contributed by atoms with van der Waals surface area (Å²) in [4.78, 5) is 0. The molecular weight excluding hydrogens is 242 g/mol. The lowest BCUT2D eigenvalue weighted by molar-refractivity contribution is 0.657. The van der Waals surface area contributed by atoms with Crippen LogP contribution in [-0.2, 0) is 7.05 Å². The quantitative estimate of drug-likeness (QED) is 0.837. The molecule has 16 heavy (non-hydrogen) atoms. The summed E-state index contributed by atoms with van der Waals surface area (Å²) in [5.74, 6) is 0. The fraction of sp³-hybridized carbons (Fsp3) is 0.444. The molecule has 2 rings (SSSR count). The smallest absolute Gasteiger partial charge is 0.209 e. The third kappa shape index (κ3) is 2.42. The molecule has 0 spiro atoms. The minimum Gasteiger partial charge on any atom is -0.327 e. The van der Waals surface area contributed by atoms with Gasteiger partial charge in [0.2, 0.25) is 5.16 Å². The monoisotopic (exact) mass is 255 g/mol. The summed E-state index contributed by atoms with van der Waals surface area (Å²) in [6.45, 7) is 2.00. The summed E-state index contributed by atoms with van der Waals surface area (Å²) in [7, 11) is 1.83. The third-order valence-corrected chi connectivity index (χ3v) is 4.38. The maximum Gasteiger partial charge on any atom is 0.209 e. The van der Waals surface area contributed by atoms with Crippen LogP contribution >= 0.6 is 23.1 Å². The van der Waals surface area contributed by atoms with E-state index in [1.165, 1.54) is 5.56 Å². The van der Waals surface area contributed by atoms with Crippen molar-refractivity contribution in [2.24, 2.45) is 12.8 Å². The second kappa shape index (κ2) is 4.94. The first-order chi connectivity index (χ1) is 7.68. The highest BCUT2D eigenvalue weighted by Crippen LogP contribution is 2.36. The molecule has 0 saturated heterocycles. The van der Waals surface area contributed by atoms with Gasteiger partial charge < -0.3 is 5.73 Å². The Bertz CT molecular complexity index is 436. The molecule has 0 aliphatic rings. The molecule has 5 nitrogen and oxygen atoms in total. The van der Waals surface area contributed by atoms with Gasteiger partial charge in [0.05, 0.1) is 5.25 Å². The number of nitrogens with zero attached hydrogens (tertiary/aromatic N) is 4. The van der Waals surface area contributed by atoms with Gasteiger partial charge in [-0.3, -0.25) is 0 Å². The topological polar surface area (TPSA) is 69.6 Å². The van der Waals surface area contributed by atoms with Gasteiger partial charge in [0, 0.05) is 13.1 Å². The Morgan fingerprint density at radius 2 is 2.38 bits per heavy atom. The number of hydrogen-bond donors (Lipinski definition) is 1. The van der Waals surface area contributed by atoms with Crippen LogP contribution in [0.1, 0.15) is 17.7 Å². The minimum atomic E-state index is 0.0521. The van der Waals surface area contributed by atoms with Gasteiger partial charge in [0.1, 0.15) is 0 Å². The molecule has 0 aliphatic carbocycles. The van der Waals surface area contributed by atoms with Crippen LogP contribution in [0.2, 0.25) is 0 Å². The predicted octanol–water partition coefficient (Wildman–Crippen LogP) is 1.45. The molecule has 7 heteroatoms. The van der Waals surface area contributed by atoms with E-state index >= 15 is 0 Å².